The van der Waals surface area contributed by atoms with Crippen LogP contribution in [0.5, 0.6) is 5.75 Å². The van der Waals surface area contributed by atoms with Crippen molar-refractivity contribution in [1.29, 1.82) is 0 Å². The van der Waals surface area contributed by atoms with Gasteiger partial charge in [-0.25, -0.2) is 0 Å². The molecule has 0 radical (unpaired) electrons. The first-order valence-electron chi connectivity index (χ1n) is 23.5. The van der Waals surface area contributed by atoms with E-state index in [0.29, 0.717) is 54.8 Å². The number of phenols is 1. The minimum atomic E-state index is -0.636. The van der Waals surface area contributed by atoms with Crippen LogP contribution in [0.3, 0.4) is 0 Å². The molecule has 59 heavy (non-hydrogen) atoms. The van der Waals surface area contributed by atoms with Gasteiger partial charge in [0, 0.05) is 35.4 Å². The van der Waals surface area contributed by atoms with Crippen LogP contribution in [0, 0.1) is 51.2 Å². The summed E-state index contributed by atoms with van der Waals surface area (Å²) in [6.45, 7) is 14.5. The lowest BCUT2D eigenvalue weighted by molar-refractivity contribution is -0.207. The fraction of sp³-hybridized carbons (Fsp3) is 0.692. The molecule has 6 aliphatic carbocycles. The van der Waals surface area contributed by atoms with E-state index in [2.05, 4.69) is 65.1 Å². The first-order chi connectivity index (χ1) is 28.0. The van der Waals surface area contributed by atoms with Gasteiger partial charge in [-0.2, -0.15) is 0 Å². The number of nitrogens with one attached hydrogen (secondary N) is 1. The van der Waals surface area contributed by atoms with Crippen molar-refractivity contribution in [3.63, 3.8) is 0 Å². The third kappa shape index (κ3) is 6.19. The summed E-state index contributed by atoms with van der Waals surface area (Å²) in [5.41, 5.74) is 11.3. The number of carbonyl (C=O) groups excluding carboxylic acids is 2. The summed E-state index contributed by atoms with van der Waals surface area (Å²) in [5, 5.41) is 26.1. The molecule has 2 aromatic rings. The van der Waals surface area contributed by atoms with Crippen molar-refractivity contribution in [3.8, 4) is 5.75 Å². The number of rotatable bonds is 10. The lowest BCUT2D eigenvalue weighted by Crippen LogP contribution is -2.66. The van der Waals surface area contributed by atoms with E-state index in [1.807, 2.05) is 31.3 Å². The number of allylic oxidation sites excluding steroid dienone is 2. The lowest BCUT2D eigenvalue weighted by atomic mass is 9.33. The Morgan fingerprint density at radius 1 is 0.915 bits per heavy atom. The molecule has 1 heterocycles. The normalized spacial score (nSPS) is 40.1. The molecule has 320 valence electrons. The number of Topliss-reactive ketones (excluding diaryl/α,β-unsaturated/α-hetero) is 2. The van der Waals surface area contributed by atoms with Gasteiger partial charge in [-0.3, -0.25) is 9.59 Å². The number of hydrogen-bond acceptors (Lipinski definition) is 7. The van der Waals surface area contributed by atoms with E-state index < -0.39 is 11.5 Å². The van der Waals surface area contributed by atoms with Crippen molar-refractivity contribution >= 4 is 17.3 Å². The highest BCUT2D eigenvalue weighted by Gasteiger charge is 2.72. The highest BCUT2D eigenvalue weighted by Crippen LogP contribution is 2.77. The third-order valence-corrected chi connectivity index (χ3v) is 19.0. The molecule has 1 saturated heterocycles. The molecule has 0 spiro atoms. The number of aliphatic hydroxyl groups is 1. The largest absolute Gasteiger partial charge is 0.508 e. The van der Waals surface area contributed by atoms with E-state index in [9.17, 15) is 19.8 Å². The van der Waals surface area contributed by atoms with E-state index in [-0.39, 0.29) is 51.3 Å². The summed E-state index contributed by atoms with van der Waals surface area (Å²) in [5.74, 6) is 2.47. The zero-order chi connectivity index (χ0) is 41.9. The molecule has 0 bridgehead atoms. The summed E-state index contributed by atoms with van der Waals surface area (Å²) in [4.78, 5) is 29.5. The standard InChI is InChI=1S/C52H72N2O5/c1-30(22-41(56)47-51(6,59-47)39-17-11-16-37(39)32-12-10-15-35(53)25-32)45-40-18-19-44-49(4,50(40,5)28-42(45)57)21-20-43-48(2,3)46(58)38(27-52(43,44)34-13-8-9-14-34)33-23-31(29-54-7)24-36(55)26-33/h10,12,15,23-26,30,34,37-39,41,43-44,47,54-56H,8-9,11,13-14,16-22,27-29,53H2,1-7H3. The molecule has 5 N–H and O–H groups in total. The van der Waals surface area contributed by atoms with E-state index in [1.165, 1.54) is 36.8 Å². The first kappa shape index (κ1) is 41.4. The Hall–Kier alpha value is -3.00. The number of benzene rings is 2. The summed E-state index contributed by atoms with van der Waals surface area (Å²) in [6, 6.07) is 14.1. The number of aromatic hydroxyl groups is 1. The molecule has 5 saturated carbocycles. The number of nitrogen functional groups attached to an aromatic ring is 1. The Kier molecular flexibility index (Phi) is 10.2. The molecule has 7 aliphatic rings. The van der Waals surface area contributed by atoms with Gasteiger partial charge in [0.1, 0.15) is 17.6 Å². The van der Waals surface area contributed by atoms with Gasteiger partial charge in [-0.05, 0) is 171 Å². The second-order valence-corrected chi connectivity index (χ2v) is 22.1. The molecular weight excluding hydrogens is 733 g/mol. The minimum absolute atomic E-state index is 0.0281. The number of phenolic OH excluding ortho intramolecular Hbond substituents is 1. The summed E-state index contributed by atoms with van der Waals surface area (Å²) in [6.07, 6.45) is 13.3. The minimum Gasteiger partial charge on any atom is -0.508 e. The highest BCUT2D eigenvalue weighted by atomic mass is 16.6. The van der Waals surface area contributed by atoms with Crippen LogP contribution in [0.4, 0.5) is 5.69 Å². The topological polar surface area (TPSA) is 125 Å². The van der Waals surface area contributed by atoms with Crippen LogP contribution in [-0.4, -0.2) is 46.6 Å². The molecule has 12 atom stereocenters. The molecule has 1 aliphatic heterocycles. The van der Waals surface area contributed by atoms with Gasteiger partial charge in [0.2, 0.25) is 0 Å². The number of anilines is 1. The Balaban J connectivity index is 1.01. The van der Waals surface area contributed by atoms with Gasteiger partial charge >= 0.3 is 0 Å². The number of fused-ring (bicyclic) bond motifs is 5. The third-order valence-electron chi connectivity index (χ3n) is 19.0. The van der Waals surface area contributed by atoms with Crippen molar-refractivity contribution in [3.05, 3.63) is 70.3 Å². The van der Waals surface area contributed by atoms with Gasteiger partial charge in [0.15, 0.2) is 5.78 Å². The van der Waals surface area contributed by atoms with Gasteiger partial charge in [0.25, 0.3) is 0 Å². The average molecular weight is 805 g/mol. The number of aliphatic hydroxyl groups excluding tert-OH is 1. The van der Waals surface area contributed by atoms with Gasteiger partial charge < -0.3 is 26.0 Å². The number of epoxide rings is 1. The molecule has 12 unspecified atom stereocenters. The van der Waals surface area contributed by atoms with Crippen LogP contribution in [0.15, 0.2) is 53.6 Å². The number of nitrogens with two attached hydrogens (primary N) is 1. The zero-order valence-corrected chi connectivity index (χ0v) is 37.0. The maximum absolute atomic E-state index is 14.9. The predicted octanol–water partition coefficient (Wildman–Crippen LogP) is 10.2. The van der Waals surface area contributed by atoms with E-state index >= 15 is 0 Å². The predicted molar refractivity (Wildman–Crippen MR) is 234 cm³/mol. The van der Waals surface area contributed by atoms with Crippen LogP contribution in [0.1, 0.15) is 160 Å². The lowest BCUT2D eigenvalue weighted by Gasteiger charge is -2.71. The fourth-order valence-electron chi connectivity index (χ4n) is 16.3. The number of hydrogen-bond donors (Lipinski definition) is 4. The Labute approximate surface area is 353 Å². The van der Waals surface area contributed by atoms with E-state index in [0.717, 1.165) is 73.8 Å². The summed E-state index contributed by atoms with van der Waals surface area (Å²) in [7, 11) is 1.92. The fourth-order valence-corrected chi connectivity index (χ4v) is 16.3. The highest BCUT2D eigenvalue weighted by molar-refractivity contribution is 6.00. The van der Waals surface area contributed by atoms with Crippen LogP contribution >= 0.6 is 0 Å². The number of carbonyl (C=O) groups is 2. The second kappa shape index (κ2) is 14.5. The Morgan fingerprint density at radius 3 is 2.41 bits per heavy atom. The monoisotopic (exact) mass is 805 g/mol. The molecule has 9 rings (SSSR count). The average Bonchev–Trinajstić information content (AvgIpc) is 3.61. The van der Waals surface area contributed by atoms with Crippen LogP contribution in [-0.2, 0) is 20.9 Å². The van der Waals surface area contributed by atoms with Crippen LogP contribution in [0.2, 0.25) is 0 Å². The smallest absolute Gasteiger partial charge is 0.159 e. The van der Waals surface area contributed by atoms with Crippen molar-refractivity contribution in [2.75, 3.05) is 12.8 Å². The Morgan fingerprint density at radius 2 is 1.68 bits per heavy atom. The maximum Gasteiger partial charge on any atom is 0.159 e. The summed E-state index contributed by atoms with van der Waals surface area (Å²) >= 11 is 0. The zero-order valence-electron chi connectivity index (χ0n) is 37.0. The van der Waals surface area contributed by atoms with Crippen LogP contribution in [0.25, 0.3) is 0 Å². The van der Waals surface area contributed by atoms with Crippen molar-refractivity contribution in [2.45, 2.75) is 168 Å². The molecule has 2 aromatic carbocycles. The first-order valence-corrected chi connectivity index (χ1v) is 23.5. The molecule has 7 nitrogen and oxygen atoms in total. The molecule has 7 heteroatoms. The van der Waals surface area contributed by atoms with Gasteiger partial charge in [-0.1, -0.05) is 77.7 Å². The van der Waals surface area contributed by atoms with E-state index in [4.69, 9.17) is 10.5 Å². The van der Waals surface area contributed by atoms with Gasteiger partial charge in [-0.15, -0.1) is 0 Å². The SMILES string of the molecule is CNCc1cc(O)cc(C2CC3(C4CCCC4)C(CCC4(C)C3CCC3=C(C(C)CC(O)C5OC5(C)C5CCCC5c5cccc(N)c5)C(=O)CC34C)C(C)(C)C2=O)c1. The number of ketones is 2. The summed E-state index contributed by atoms with van der Waals surface area (Å²) < 4.78 is 6.51. The van der Waals surface area contributed by atoms with Crippen LogP contribution < -0.4 is 11.1 Å². The quantitative estimate of drug-likeness (QED) is 0.139. The second-order valence-electron chi connectivity index (χ2n) is 22.1. The maximum atomic E-state index is 14.9. The molecule has 6 fully saturated rings. The Bertz CT molecular complexity index is 2030. The molecule has 0 aromatic heterocycles. The van der Waals surface area contributed by atoms with Crippen molar-refractivity contribution in [2.24, 2.45) is 51.2 Å². The number of ether oxygens (including phenoxy) is 1. The van der Waals surface area contributed by atoms with Crippen molar-refractivity contribution in [1.82, 2.24) is 5.32 Å². The molecular formula is C52H72N2O5. The van der Waals surface area contributed by atoms with Crippen molar-refractivity contribution < 1.29 is 24.5 Å². The van der Waals surface area contributed by atoms with E-state index in [1.54, 1.807) is 0 Å². The molecule has 0 amide bonds. The van der Waals surface area contributed by atoms with Gasteiger partial charge in [0.05, 0.1) is 11.7 Å².